The quantitative estimate of drug-likeness (QED) is 0.637. The van der Waals surface area contributed by atoms with Crippen molar-refractivity contribution in [1.82, 2.24) is 4.57 Å². The molecule has 0 aliphatic heterocycles. The van der Waals surface area contributed by atoms with Crippen molar-refractivity contribution in [2.75, 3.05) is 7.11 Å². The Morgan fingerprint density at radius 1 is 1.23 bits per heavy atom. The van der Waals surface area contributed by atoms with E-state index in [-0.39, 0.29) is 0 Å². The van der Waals surface area contributed by atoms with Gasteiger partial charge >= 0.3 is 0 Å². The zero-order chi connectivity index (χ0) is 9.10. The van der Waals surface area contributed by atoms with E-state index >= 15 is 0 Å². The van der Waals surface area contributed by atoms with Crippen LogP contribution < -0.4 is 0 Å². The lowest BCUT2D eigenvalue weighted by Crippen LogP contribution is -1.82. The van der Waals surface area contributed by atoms with Gasteiger partial charge in [0.25, 0.3) is 0 Å². The Morgan fingerprint density at radius 2 is 2.08 bits per heavy atom. The minimum Gasteiger partial charge on any atom is -0.503 e. The fourth-order valence-corrected chi connectivity index (χ4v) is 1.36. The van der Waals surface area contributed by atoms with Crippen molar-refractivity contribution in [2.24, 2.45) is 0 Å². The van der Waals surface area contributed by atoms with Crippen LogP contribution in [0.1, 0.15) is 0 Å². The molecule has 0 N–H and O–H groups in total. The molecule has 0 saturated carbocycles. The van der Waals surface area contributed by atoms with E-state index in [9.17, 15) is 0 Å². The molecule has 0 aliphatic rings. The Kier molecular flexibility index (Phi) is 2.04. The standard InChI is InChI=1S/C11H11NO/c1-13-9-8-12-7-6-10-4-2-3-5-11(10)12/h2-9H,1H3/b9-8+. The third-order valence-corrected chi connectivity index (χ3v) is 1.99. The van der Waals surface area contributed by atoms with E-state index in [0.29, 0.717) is 0 Å². The smallest absolute Gasteiger partial charge is 0.0990 e. The van der Waals surface area contributed by atoms with Crippen LogP contribution in [0.5, 0.6) is 0 Å². The second-order valence-corrected chi connectivity index (χ2v) is 2.80. The zero-order valence-electron chi connectivity index (χ0n) is 7.47. The summed E-state index contributed by atoms with van der Waals surface area (Å²) in [6.07, 6.45) is 5.56. The number of nitrogens with zero attached hydrogens (tertiary/aromatic N) is 1. The first-order valence-corrected chi connectivity index (χ1v) is 4.17. The number of ether oxygens (including phenoxy) is 1. The van der Waals surface area contributed by atoms with E-state index in [1.165, 1.54) is 10.9 Å². The van der Waals surface area contributed by atoms with E-state index in [1.54, 1.807) is 13.4 Å². The molecule has 0 unspecified atom stereocenters. The van der Waals surface area contributed by atoms with Gasteiger partial charge in [0, 0.05) is 12.4 Å². The van der Waals surface area contributed by atoms with Crippen LogP contribution in [0.4, 0.5) is 0 Å². The van der Waals surface area contributed by atoms with Crippen LogP contribution in [0.25, 0.3) is 17.1 Å². The van der Waals surface area contributed by atoms with E-state index in [2.05, 4.69) is 18.2 Å². The van der Waals surface area contributed by atoms with Crippen molar-refractivity contribution in [2.45, 2.75) is 0 Å². The number of fused-ring (bicyclic) bond motifs is 1. The molecule has 0 bridgehead atoms. The minimum absolute atomic E-state index is 1.19. The summed E-state index contributed by atoms with van der Waals surface area (Å²) in [6.45, 7) is 0. The lowest BCUT2D eigenvalue weighted by Gasteiger charge is -1.96. The summed E-state index contributed by atoms with van der Waals surface area (Å²) in [5, 5.41) is 1.24. The van der Waals surface area contributed by atoms with E-state index in [4.69, 9.17) is 4.74 Å². The zero-order valence-corrected chi connectivity index (χ0v) is 7.47. The number of methoxy groups -OCH3 is 1. The summed E-state index contributed by atoms with van der Waals surface area (Å²) in [5.41, 5.74) is 1.19. The average molecular weight is 173 g/mol. The van der Waals surface area contributed by atoms with E-state index in [1.807, 2.05) is 29.1 Å². The van der Waals surface area contributed by atoms with Gasteiger partial charge in [0.2, 0.25) is 0 Å². The number of aromatic nitrogens is 1. The highest BCUT2D eigenvalue weighted by Gasteiger charge is 1.94. The van der Waals surface area contributed by atoms with Crippen molar-refractivity contribution < 1.29 is 4.74 Å². The molecule has 2 nitrogen and oxygen atoms in total. The molecule has 2 heteroatoms. The molecular weight excluding hydrogens is 162 g/mol. The molecular formula is C11H11NO. The van der Waals surface area contributed by atoms with Gasteiger partial charge < -0.3 is 9.30 Å². The summed E-state index contributed by atoms with van der Waals surface area (Å²) in [6, 6.07) is 10.3. The largest absolute Gasteiger partial charge is 0.503 e. The maximum absolute atomic E-state index is 4.86. The second kappa shape index (κ2) is 3.35. The second-order valence-electron chi connectivity index (χ2n) is 2.80. The fourth-order valence-electron chi connectivity index (χ4n) is 1.36. The third-order valence-electron chi connectivity index (χ3n) is 1.99. The van der Waals surface area contributed by atoms with E-state index in [0.717, 1.165) is 0 Å². The topological polar surface area (TPSA) is 14.2 Å². The van der Waals surface area contributed by atoms with Crippen LogP contribution in [0.15, 0.2) is 42.8 Å². The van der Waals surface area contributed by atoms with Crippen LogP contribution in [0, 0.1) is 0 Å². The molecule has 0 aliphatic carbocycles. The van der Waals surface area contributed by atoms with Gasteiger partial charge in [0.15, 0.2) is 0 Å². The van der Waals surface area contributed by atoms with Gasteiger partial charge in [-0.25, -0.2) is 0 Å². The number of benzene rings is 1. The Hall–Kier alpha value is -1.70. The van der Waals surface area contributed by atoms with Crippen LogP contribution in [0.2, 0.25) is 0 Å². The van der Waals surface area contributed by atoms with Crippen molar-refractivity contribution in [3.05, 3.63) is 42.8 Å². The highest BCUT2D eigenvalue weighted by atomic mass is 16.5. The first-order valence-electron chi connectivity index (χ1n) is 4.17. The highest BCUT2D eigenvalue weighted by molar-refractivity contribution is 5.81. The molecule has 0 fully saturated rings. The Balaban J connectivity index is 2.52. The summed E-state index contributed by atoms with van der Waals surface area (Å²) in [7, 11) is 1.64. The van der Waals surface area contributed by atoms with Gasteiger partial charge in [0.1, 0.15) is 0 Å². The first-order chi connectivity index (χ1) is 6.42. The van der Waals surface area contributed by atoms with Gasteiger partial charge in [-0.05, 0) is 17.5 Å². The predicted octanol–water partition coefficient (Wildman–Crippen LogP) is 2.72. The number of para-hydroxylation sites is 1. The molecule has 1 aromatic carbocycles. The van der Waals surface area contributed by atoms with Crippen LogP contribution in [-0.4, -0.2) is 11.7 Å². The van der Waals surface area contributed by atoms with Crippen molar-refractivity contribution in [3.63, 3.8) is 0 Å². The van der Waals surface area contributed by atoms with Crippen molar-refractivity contribution in [3.8, 4) is 0 Å². The number of hydrogen-bond donors (Lipinski definition) is 0. The van der Waals surface area contributed by atoms with E-state index < -0.39 is 0 Å². The summed E-state index contributed by atoms with van der Waals surface area (Å²) < 4.78 is 6.89. The maximum Gasteiger partial charge on any atom is 0.0990 e. The van der Waals surface area contributed by atoms with Gasteiger partial charge in [-0.3, -0.25) is 0 Å². The molecule has 2 rings (SSSR count). The third kappa shape index (κ3) is 1.43. The molecule has 1 heterocycles. The maximum atomic E-state index is 4.86. The number of hydrogen-bond acceptors (Lipinski definition) is 1. The Labute approximate surface area is 77.1 Å². The molecule has 0 radical (unpaired) electrons. The molecule has 0 saturated heterocycles. The first kappa shape index (κ1) is 7.92. The Bertz CT molecular complexity index is 428. The normalized spacial score (nSPS) is 11.2. The molecule has 66 valence electrons. The number of rotatable bonds is 2. The van der Waals surface area contributed by atoms with Crippen molar-refractivity contribution >= 4 is 17.1 Å². The summed E-state index contributed by atoms with van der Waals surface area (Å²) in [5.74, 6) is 0. The molecule has 0 atom stereocenters. The SMILES string of the molecule is CO/C=C/n1ccc2ccccc21. The lowest BCUT2D eigenvalue weighted by atomic mass is 10.2. The molecule has 13 heavy (non-hydrogen) atoms. The molecule has 1 aromatic heterocycles. The minimum atomic E-state index is 1.19. The van der Waals surface area contributed by atoms with Crippen LogP contribution in [0.3, 0.4) is 0 Å². The summed E-state index contributed by atoms with van der Waals surface area (Å²) in [4.78, 5) is 0. The Morgan fingerprint density at radius 3 is 2.92 bits per heavy atom. The van der Waals surface area contributed by atoms with Gasteiger partial charge in [-0.1, -0.05) is 18.2 Å². The summed E-state index contributed by atoms with van der Waals surface area (Å²) >= 11 is 0. The monoisotopic (exact) mass is 173 g/mol. The lowest BCUT2D eigenvalue weighted by molar-refractivity contribution is 0.340. The molecule has 0 amide bonds. The van der Waals surface area contributed by atoms with Gasteiger partial charge in [0.05, 0.1) is 18.9 Å². The predicted molar refractivity (Wildman–Crippen MR) is 54.3 cm³/mol. The highest BCUT2D eigenvalue weighted by Crippen LogP contribution is 2.14. The van der Waals surface area contributed by atoms with Gasteiger partial charge in [-0.15, -0.1) is 0 Å². The van der Waals surface area contributed by atoms with Crippen LogP contribution in [-0.2, 0) is 4.74 Å². The van der Waals surface area contributed by atoms with Crippen molar-refractivity contribution in [1.29, 1.82) is 0 Å². The molecule has 0 spiro atoms. The average Bonchev–Trinajstić information content (AvgIpc) is 2.58. The van der Waals surface area contributed by atoms with Crippen LogP contribution >= 0.6 is 0 Å². The molecule has 2 aromatic rings. The fraction of sp³-hybridized carbons (Fsp3) is 0.0909. The van der Waals surface area contributed by atoms with Gasteiger partial charge in [-0.2, -0.15) is 0 Å².